The Hall–Kier alpha value is -4.25. The number of ether oxygens (including phenoxy) is 1. The van der Waals surface area contributed by atoms with Crippen LogP contribution in [-0.4, -0.2) is 61.9 Å². The molecule has 182 valence electrons. The van der Waals surface area contributed by atoms with Crippen molar-refractivity contribution in [2.24, 2.45) is 0 Å². The van der Waals surface area contributed by atoms with Crippen LogP contribution < -0.4 is 10.6 Å². The molecule has 11 nitrogen and oxygen atoms in total. The quantitative estimate of drug-likeness (QED) is 0.358. The van der Waals surface area contributed by atoms with Crippen molar-refractivity contribution in [2.45, 2.75) is 31.5 Å². The summed E-state index contributed by atoms with van der Waals surface area (Å²) in [5.41, 5.74) is 2.86. The van der Waals surface area contributed by atoms with E-state index in [-0.39, 0.29) is 25.6 Å². The Morgan fingerprint density at radius 3 is 2.31 bits per heavy atom. The van der Waals surface area contributed by atoms with Gasteiger partial charge in [-0.25, -0.2) is 14.3 Å². The van der Waals surface area contributed by atoms with E-state index in [1.807, 2.05) is 36.4 Å². The second-order valence-electron chi connectivity index (χ2n) is 8.44. The van der Waals surface area contributed by atoms with E-state index in [0.29, 0.717) is 5.69 Å². The number of amides is 2. The number of nitrogens with one attached hydrogen (secondary N) is 2. The zero-order chi connectivity index (χ0) is 25.0. The molecule has 1 unspecified atom stereocenters. The molecule has 0 bridgehead atoms. The lowest BCUT2D eigenvalue weighted by Crippen LogP contribution is -2.47. The first-order chi connectivity index (χ1) is 16.7. The molecule has 1 aliphatic carbocycles. The summed E-state index contributed by atoms with van der Waals surface area (Å²) in [6, 6.07) is 16.1. The molecule has 3 aromatic rings. The number of alkyl carbamates (subject to hydrolysis) is 1. The van der Waals surface area contributed by atoms with E-state index in [1.54, 1.807) is 0 Å². The predicted octanol–water partition coefficient (Wildman–Crippen LogP) is 1.27. The van der Waals surface area contributed by atoms with Gasteiger partial charge in [-0.1, -0.05) is 53.7 Å². The number of aliphatic carboxylic acids is 1. The van der Waals surface area contributed by atoms with Crippen LogP contribution in [0.3, 0.4) is 0 Å². The number of rotatable bonds is 9. The Bertz CT molecular complexity index is 1210. The number of nitrogens with zero attached hydrogens (tertiary/aromatic N) is 3. The maximum absolute atomic E-state index is 12.3. The molecule has 0 radical (unpaired) electrons. The highest BCUT2D eigenvalue weighted by Crippen LogP contribution is 2.44. The summed E-state index contributed by atoms with van der Waals surface area (Å²) in [5.74, 6) is -2.04. The van der Waals surface area contributed by atoms with Gasteiger partial charge in [0.15, 0.2) is 5.60 Å². The number of carboxylic acid groups (broad SMARTS) is 1. The van der Waals surface area contributed by atoms with Gasteiger partial charge in [0, 0.05) is 5.92 Å². The van der Waals surface area contributed by atoms with Gasteiger partial charge in [-0.2, -0.15) is 0 Å². The van der Waals surface area contributed by atoms with Crippen LogP contribution in [-0.2, 0) is 27.4 Å². The van der Waals surface area contributed by atoms with E-state index in [2.05, 4.69) is 33.1 Å². The fourth-order valence-corrected chi connectivity index (χ4v) is 3.86. The third-order valence-electron chi connectivity index (χ3n) is 5.74. The van der Waals surface area contributed by atoms with Crippen molar-refractivity contribution in [3.63, 3.8) is 0 Å². The summed E-state index contributed by atoms with van der Waals surface area (Å²) >= 11 is 0. The van der Waals surface area contributed by atoms with Gasteiger partial charge in [-0.3, -0.25) is 4.79 Å². The number of benzene rings is 2. The maximum atomic E-state index is 12.3. The van der Waals surface area contributed by atoms with Crippen LogP contribution in [0.15, 0.2) is 54.7 Å². The molecule has 0 spiro atoms. The van der Waals surface area contributed by atoms with E-state index >= 15 is 0 Å². The second-order valence-corrected chi connectivity index (χ2v) is 8.44. The molecule has 0 fully saturated rings. The molecule has 2 amide bonds. The van der Waals surface area contributed by atoms with E-state index in [1.165, 1.54) is 10.9 Å². The third-order valence-corrected chi connectivity index (χ3v) is 5.74. The predicted molar refractivity (Wildman–Crippen MR) is 123 cm³/mol. The minimum atomic E-state index is -2.07. The first-order valence-corrected chi connectivity index (χ1v) is 10.9. The molecule has 11 heteroatoms. The Balaban J connectivity index is 1.25. The van der Waals surface area contributed by atoms with Gasteiger partial charge in [0.2, 0.25) is 5.91 Å². The number of aliphatic hydroxyl groups is 1. The normalized spacial score (nSPS) is 13.9. The lowest BCUT2D eigenvalue weighted by atomic mass is 9.98. The summed E-state index contributed by atoms with van der Waals surface area (Å²) in [4.78, 5) is 35.1. The molecule has 1 atom stereocenters. The third kappa shape index (κ3) is 5.46. The maximum Gasteiger partial charge on any atom is 0.407 e. The van der Waals surface area contributed by atoms with E-state index in [0.717, 1.165) is 29.2 Å². The molecular formula is C24H25N5O6. The van der Waals surface area contributed by atoms with Crippen molar-refractivity contribution < 1.29 is 29.3 Å². The van der Waals surface area contributed by atoms with Crippen molar-refractivity contribution in [3.05, 3.63) is 71.5 Å². The average Bonchev–Trinajstić information content (AvgIpc) is 3.42. The fraction of sp³-hybridized carbons (Fsp3) is 0.292. The number of carbonyl (C=O) groups is 3. The first kappa shape index (κ1) is 23.9. The van der Waals surface area contributed by atoms with Gasteiger partial charge < -0.3 is 25.6 Å². The van der Waals surface area contributed by atoms with Crippen molar-refractivity contribution in [1.82, 2.24) is 25.6 Å². The van der Waals surface area contributed by atoms with Crippen LogP contribution in [0.25, 0.3) is 11.1 Å². The van der Waals surface area contributed by atoms with Gasteiger partial charge >= 0.3 is 12.1 Å². The Morgan fingerprint density at radius 1 is 1.06 bits per heavy atom. The van der Waals surface area contributed by atoms with Crippen molar-refractivity contribution >= 4 is 18.0 Å². The van der Waals surface area contributed by atoms with Crippen molar-refractivity contribution in [1.29, 1.82) is 0 Å². The highest BCUT2D eigenvalue weighted by atomic mass is 16.5. The number of fused-ring (bicyclic) bond motifs is 3. The van der Waals surface area contributed by atoms with Gasteiger partial charge in [0.25, 0.3) is 0 Å². The molecule has 4 rings (SSSR count). The highest BCUT2D eigenvalue weighted by Gasteiger charge is 2.30. The summed E-state index contributed by atoms with van der Waals surface area (Å²) in [6.07, 6.45) is 0.869. The second kappa shape index (κ2) is 9.94. The number of carbonyl (C=O) groups excluding carboxylic acids is 2. The zero-order valence-corrected chi connectivity index (χ0v) is 19.0. The molecule has 2 aromatic carbocycles. The van der Waals surface area contributed by atoms with Crippen LogP contribution in [0, 0.1) is 0 Å². The first-order valence-electron chi connectivity index (χ1n) is 10.9. The van der Waals surface area contributed by atoms with E-state index < -0.39 is 30.1 Å². The van der Waals surface area contributed by atoms with Gasteiger partial charge in [0.05, 0.1) is 19.3 Å². The SMILES string of the molecule is CC(O)(CNC(=O)Cn1cc(CNC(=O)OCC2c3ccccc3-c3ccccc32)nn1)C(=O)O. The lowest BCUT2D eigenvalue weighted by molar-refractivity contribution is -0.156. The summed E-state index contributed by atoms with van der Waals surface area (Å²) in [5, 5.41) is 31.1. The number of aromatic nitrogens is 3. The summed E-state index contributed by atoms with van der Waals surface area (Å²) in [6.45, 7) is 0.636. The van der Waals surface area contributed by atoms with Gasteiger partial charge in [0.1, 0.15) is 18.8 Å². The number of hydrogen-bond acceptors (Lipinski definition) is 7. The molecule has 1 aliphatic rings. The van der Waals surface area contributed by atoms with Crippen molar-refractivity contribution in [2.75, 3.05) is 13.2 Å². The monoisotopic (exact) mass is 479 g/mol. The Labute approximate surface area is 200 Å². The Morgan fingerprint density at radius 2 is 1.69 bits per heavy atom. The summed E-state index contributed by atoms with van der Waals surface area (Å²) < 4.78 is 6.71. The highest BCUT2D eigenvalue weighted by molar-refractivity contribution is 5.80. The minimum absolute atomic E-state index is 0.0468. The molecule has 35 heavy (non-hydrogen) atoms. The van der Waals surface area contributed by atoms with Gasteiger partial charge in [-0.15, -0.1) is 5.10 Å². The van der Waals surface area contributed by atoms with Crippen LogP contribution >= 0.6 is 0 Å². The topological polar surface area (TPSA) is 156 Å². The van der Waals surface area contributed by atoms with Crippen LogP contribution in [0.1, 0.15) is 29.7 Å². The molecular weight excluding hydrogens is 454 g/mol. The number of hydrogen-bond donors (Lipinski definition) is 4. The van der Waals surface area contributed by atoms with Crippen LogP contribution in [0.2, 0.25) is 0 Å². The van der Waals surface area contributed by atoms with Crippen molar-refractivity contribution in [3.8, 4) is 11.1 Å². The van der Waals surface area contributed by atoms with Gasteiger partial charge in [-0.05, 0) is 29.2 Å². The molecule has 0 saturated carbocycles. The zero-order valence-electron chi connectivity index (χ0n) is 19.0. The van der Waals surface area contributed by atoms with Crippen LogP contribution in [0.5, 0.6) is 0 Å². The molecule has 0 aliphatic heterocycles. The minimum Gasteiger partial charge on any atom is -0.479 e. The van der Waals surface area contributed by atoms with Crippen LogP contribution in [0.4, 0.5) is 4.79 Å². The average molecular weight is 479 g/mol. The van der Waals surface area contributed by atoms with E-state index in [4.69, 9.17) is 9.84 Å². The fourth-order valence-electron chi connectivity index (χ4n) is 3.86. The Kier molecular flexibility index (Phi) is 6.78. The molecule has 0 saturated heterocycles. The smallest absolute Gasteiger partial charge is 0.407 e. The number of carboxylic acids is 1. The van der Waals surface area contributed by atoms with E-state index in [9.17, 15) is 19.5 Å². The summed E-state index contributed by atoms with van der Waals surface area (Å²) in [7, 11) is 0. The molecule has 4 N–H and O–H groups in total. The standard InChI is InChI=1S/C24H25N5O6/c1-24(34,22(31)32)14-26-21(30)12-29-11-15(27-28-29)10-25-23(33)35-13-20-18-8-4-2-6-16(18)17-7-3-5-9-19(17)20/h2-9,11,20,34H,10,12-14H2,1H3,(H,25,33)(H,26,30)(H,31,32). The largest absolute Gasteiger partial charge is 0.479 e. The molecule has 1 aromatic heterocycles. The lowest BCUT2D eigenvalue weighted by Gasteiger charge is -2.18. The molecule has 1 heterocycles.